The van der Waals surface area contributed by atoms with Crippen molar-refractivity contribution in [3.05, 3.63) is 0 Å². The van der Waals surface area contributed by atoms with Gasteiger partial charge in [-0.2, -0.15) is 0 Å². The van der Waals surface area contributed by atoms with Crippen LogP contribution in [0.25, 0.3) is 0 Å². The van der Waals surface area contributed by atoms with Crippen molar-refractivity contribution in [1.82, 2.24) is 0 Å². The molecule has 1 fully saturated rings. The van der Waals surface area contributed by atoms with Crippen LogP contribution in [0.4, 0.5) is 0 Å². The molecule has 11 heavy (non-hydrogen) atoms. The summed E-state index contributed by atoms with van der Waals surface area (Å²) in [6.45, 7) is 3.58. The lowest BCUT2D eigenvalue weighted by Gasteiger charge is -1.96. The fourth-order valence-electron chi connectivity index (χ4n) is 0.810. The van der Waals surface area contributed by atoms with Crippen molar-refractivity contribution in [2.24, 2.45) is 0 Å². The summed E-state index contributed by atoms with van der Waals surface area (Å²) in [6, 6.07) is 0. The highest BCUT2D eigenvalue weighted by Gasteiger charge is 2.58. The SMILES string of the molecule is CCOC(=O)[C@@H]1O[C@]1(C)C=O. The molecule has 0 radical (unpaired) electrons. The zero-order chi connectivity index (χ0) is 8.48. The van der Waals surface area contributed by atoms with Crippen molar-refractivity contribution in [2.75, 3.05) is 6.61 Å². The van der Waals surface area contributed by atoms with Crippen LogP contribution in [0.5, 0.6) is 0 Å². The summed E-state index contributed by atoms with van der Waals surface area (Å²) in [5.41, 5.74) is -0.924. The van der Waals surface area contributed by atoms with E-state index in [2.05, 4.69) is 4.74 Å². The van der Waals surface area contributed by atoms with Crippen molar-refractivity contribution in [1.29, 1.82) is 0 Å². The van der Waals surface area contributed by atoms with E-state index in [0.29, 0.717) is 12.9 Å². The van der Waals surface area contributed by atoms with E-state index in [-0.39, 0.29) is 0 Å². The Kier molecular flexibility index (Phi) is 1.95. The van der Waals surface area contributed by atoms with Crippen LogP contribution in [0, 0.1) is 0 Å². The molecular formula is C7H10O4. The fourth-order valence-corrected chi connectivity index (χ4v) is 0.810. The smallest absolute Gasteiger partial charge is 0.338 e. The van der Waals surface area contributed by atoms with Gasteiger partial charge in [0, 0.05) is 0 Å². The lowest BCUT2D eigenvalue weighted by molar-refractivity contribution is -0.144. The van der Waals surface area contributed by atoms with Crippen LogP contribution in [0.15, 0.2) is 0 Å². The summed E-state index contributed by atoms with van der Waals surface area (Å²) in [7, 11) is 0. The Hall–Kier alpha value is -0.900. The fraction of sp³-hybridized carbons (Fsp3) is 0.714. The minimum atomic E-state index is -0.924. The van der Waals surface area contributed by atoms with Gasteiger partial charge in [0.1, 0.15) is 0 Å². The molecule has 4 heteroatoms. The molecule has 0 amide bonds. The van der Waals surface area contributed by atoms with Crippen molar-refractivity contribution >= 4 is 12.3 Å². The van der Waals surface area contributed by atoms with Crippen molar-refractivity contribution in [3.8, 4) is 0 Å². The largest absolute Gasteiger partial charge is 0.464 e. The molecule has 0 aromatic rings. The van der Waals surface area contributed by atoms with E-state index in [1.54, 1.807) is 13.8 Å². The second kappa shape index (κ2) is 2.62. The van der Waals surface area contributed by atoms with Gasteiger partial charge >= 0.3 is 5.97 Å². The Morgan fingerprint density at radius 2 is 2.45 bits per heavy atom. The lowest BCUT2D eigenvalue weighted by Crippen LogP contribution is -2.20. The Labute approximate surface area is 64.5 Å². The van der Waals surface area contributed by atoms with E-state index in [9.17, 15) is 9.59 Å². The molecule has 0 unspecified atom stereocenters. The Morgan fingerprint density at radius 1 is 1.82 bits per heavy atom. The average molecular weight is 158 g/mol. The minimum absolute atomic E-state index is 0.313. The molecule has 62 valence electrons. The zero-order valence-corrected chi connectivity index (χ0v) is 6.49. The van der Waals surface area contributed by atoms with Crippen LogP contribution in [-0.2, 0) is 19.1 Å². The molecule has 0 aromatic heterocycles. The van der Waals surface area contributed by atoms with Crippen molar-refractivity contribution in [2.45, 2.75) is 25.6 Å². The number of carbonyl (C=O) groups is 2. The first-order valence-corrected chi connectivity index (χ1v) is 3.45. The van der Waals surface area contributed by atoms with E-state index >= 15 is 0 Å². The van der Waals surface area contributed by atoms with Crippen LogP contribution in [-0.4, -0.2) is 30.6 Å². The monoisotopic (exact) mass is 158 g/mol. The average Bonchev–Trinajstić information content (AvgIpc) is 2.65. The van der Waals surface area contributed by atoms with Gasteiger partial charge in [0.2, 0.25) is 0 Å². The van der Waals surface area contributed by atoms with E-state index < -0.39 is 17.7 Å². The van der Waals surface area contributed by atoms with Crippen molar-refractivity contribution < 1.29 is 19.1 Å². The maximum Gasteiger partial charge on any atom is 0.338 e. The third-order valence-electron chi connectivity index (χ3n) is 1.57. The molecule has 1 aliphatic heterocycles. The van der Waals surface area contributed by atoms with Crippen LogP contribution >= 0.6 is 0 Å². The van der Waals surface area contributed by atoms with Gasteiger partial charge in [-0.15, -0.1) is 0 Å². The highest BCUT2D eigenvalue weighted by atomic mass is 16.7. The number of ether oxygens (including phenoxy) is 2. The highest BCUT2D eigenvalue weighted by Crippen LogP contribution is 2.34. The van der Waals surface area contributed by atoms with Crippen molar-refractivity contribution in [3.63, 3.8) is 0 Å². The van der Waals surface area contributed by atoms with Gasteiger partial charge in [0.15, 0.2) is 18.0 Å². The molecule has 0 N–H and O–H groups in total. The van der Waals surface area contributed by atoms with Gasteiger partial charge in [-0.3, -0.25) is 0 Å². The number of epoxide rings is 1. The highest BCUT2D eigenvalue weighted by molar-refractivity contribution is 5.87. The quantitative estimate of drug-likeness (QED) is 0.327. The molecule has 4 nitrogen and oxygen atoms in total. The Morgan fingerprint density at radius 3 is 2.82 bits per heavy atom. The first kappa shape index (κ1) is 8.20. The second-order valence-electron chi connectivity index (χ2n) is 2.55. The summed E-state index contributed by atoms with van der Waals surface area (Å²) < 4.78 is 9.47. The third kappa shape index (κ3) is 1.40. The second-order valence-corrected chi connectivity index (χ2v) is 2.55. The van der Waals surface area contributed by atoms with Gasteiger partial charge < -0.3 is 14.3 Å². The molecule has 0 aromatic carbocycles. The number of hydrogen-bond donors (Lipinski definition) is 0. The summed E-state index contributed by atoms with van der Waals surface area (Å²) in [5, 5.41) is 0. The molecule has 0 aliphatic carbocycles. The molecule has 0 bridgehead atoms. The number of esters is 1. The maximum absolute atomic E-state index is 10.9. The van der Waals surface area contributed by atoms with Gasteiger partial charge in [-0.1, -0.05) is 0 Å². The molecule has 0 spiro atoms. The van der Waals surface area contributed by atoms with E-state index in [0.717, 1.165) is 0 Å². The first-order valence-electron chi connectivity index (χ1n) is 3.45. The van der Waals surface area contributed by atoms with Crippen LogP contribution in [0.3, 0.4) is 0 Å². The van der Waals surface area contributed by atoms with E-state index in [1.165, 1.54) is 0 Å². The predicted molar refractivity (Wildman–Crippen MR) is 36.0 cm³/mol. The van der Waals surface area contributed by atoms with Gasteiger partial charge in [-0.25, -0.2) is 4.79 Å². The summed E-state index contributed by atoms with van der Waals surface area (Å²) in [6.07, 6.45) is -0.0610. The van der Waals surface area contributed by atoms with E-state index in [1.807, 2.05) is 0 Å². The van der Waals surface area contributed by atoms with Crippen LogP contribution in [0.2, 0.25) is 0 Å². The maximum atomic E-state index is 10.9. The molecule has 0 saturated carbocycles. The predicted octanol–water partition coefficient (Wildman–Crippen LogP) is -0.0941. The molecule has 1 heterocycles. The summed E-state index contributed by atoms with van der Waals surface area (Å²) in [4.78, 5) is 21.1. The molecule has 1 aliphatic rings. The topological polar surface area (TPSA) is 55.9 Å². The molecule has 1 rings (SSSR count). The zero-order valence-electron chi connectivity index (χ0n) is 6.49. The Balaban J connectivity index is 2.42. The summed E-state index contributed by atoms with van der Waals surface area (Å²) >= 11 is 0. The van der Waals surface area contributed by atoms with Gasteiger partial charge in [0.25, 0.3) is 0 Å². The number of carbonyl (C=O) groups excluding carboxylic acids is 2. The first-order chi connectivity index (χ1) is 5.14. The standard InChI is InChI=1S/C7H10O4/c1-3-10-6(9)5-7(2,4-8)11-5/h4-5H,3H2,1-2H3/t5-,7+/m0/s1. The normalized spacial score (nSPS) is 34.5. The number of aldehydes is 1. The Bertz CT molecular complexity index is 189. The van der Waals surface area contributed by atoms with Crippen LogP contribution < -0.4 is 0 Å². The lowest BCUT2D eigenvalue weighted by atomic mass is 10.1. The third-order valence-corrected chi connectivity index (χ3v) is 1.57. The number of hydrogen-bond acceptors (Lipinski definition) is 4. The van der Waals surface area contributed by atoms with Gasteiger partial charge in [-0.05, 0) is 13.8 Å². The molecular weight excluding hydrogens is 148 g/mol. The minimum Gasteiger partial charge on any atom is -0.464 e. The molecule has 2 atom stereocenters. The molecule has 1 saturated heterocycles. The van der Waals surface area contributed by atoms with Gasteiger partial charge in [0.05, 0.1) is 6.61 Å². The summed E-state index contributed by atoms with van der Waals surface area (Å²) in [5.74, 6) is -0.456. The van der Waals surface area contributed by atoms with E-state index in [4.69, 9.17) is 4.74 Å². The number of rotatable bonds is 3. The van der Waals surface area contributed by atoms with Crippen LogP contribution in [0.1, 0.15) is 13.8 Å².